The minimum Gasteiger partial charge on any atom is -0.497 e. The molecule has 24 heavy (non-hydrogen) atoms. The van der Waals surface area contributed by atoms with Gasteiger partial charge in [0.25, 0.3) is 0 Å². The Balaban J connectivity index is 1.90. The fourth-order valence-corrected chi connectivity index (χ4v) is 3.47. The average molecular weight is 383 g/mol. The van der Waals surface area contributed by atoms with Crippen LogP contribution < -0.4 is 10.4 Å². The van der Waals surface area contributed by atoms with Gasteiger partial charge in [-0.15, -0.1) is 0 Å². The molecule has 0 fully saturated rings. The van der Waals surface area contributed by atoms with E-state index in [0.29, 0.717) is 6.54 Å². The van der Waals surface area contributed by atoms with Crippen LogP contribution in [0.3, 0.4) is 0 Å². The van der Waals surface area contributed by atoms with Crippen LogP contribution in [0, 0.1) is 0 Å². The molecule has 1 aliphatic rings. The molecule has 0 aliphatic carbocycles. The van der Waals surface area contributed by atoms with Crippen molar-refractivity contribution in [1.29, 1.82) is 0 Å². The summed E-state index contributed by atoms with van der Waals surface area (Å²) in [7, 11) is 1.64. The quantitative estimate of drug-likeness (QED) is 0.682. The molecule has 0 amide bonds. The van der Waals surface area contributed by atoms with Gasteiger partial charge in [-0.05, 0) is 35.9 Å². The molecular formula is C19H15BrN2O2. The maximum Gasteiger partial charge on any atom is 0.333 e. The summed E-state index contributed by atoms with van der Waals surface area (Å²) in [6.45, 7) is 0.519. The molecule has 5 heteroatoms. The Morgan fingerprint density at radius 1 is 1.08 bits per heavy atom. The molecule has 4 nitrogen and oxygen atoms in total. The Kier molecular flexibility index (Phi) is 3.65. The smallest absolute Gasteiger partial charge is 0.333 e. The zero-order valence-electron chi connectivity index (χ0n) is 13.1. The maximum atomic E-state index is 12.9. The fourth-order valence-electron chi connectivity index (χ4n) is 3.02. The first-order chi connectivity index (χ1) is 11.7. The van der Waals surface area contributed by atoms with Crippen LogP contribution in [0.1, 0.15) is 11.1 Å². The predicted octanol–water partition coefficient (Wildman–Crippen LogP) is 4.12. The summed E-state index contributed by atoms with van der Waals surface area (Å²) in [5.41, 5.74) is 3.87. The third-order valence-corrected chi connectivity index (χ3v) is 4.91. The molecule has 0 atom stereocenters. The van der Waals surface area contributed by atoms with E-state index in [0.717, 1.165) is 32.4 Å². The molecule has 0 unspecified atom stereocenters. The average Bonchev–Trinajstić information content (AvgIpc) is 2.77. The lowest BCUT2D eigenvalue weighted by Gasteiger charge is -2.06. The summed E-state index contributed by atoms with van der Waals surface area (Å²) in [6.07, 6.45) is 7.66. The van der Waals surface area contributed by atoms with Gasteiger partial charge in [0.2, 0.25) is 0 Å². The molecule has 1 aromatic heterocycles. The van der Waals surface area contributed by atoms with Crippen molar-refractivity contribution in [1.82, 2.24) is 9.13 Å². The minimum atomic E-state index is -0.0416. The van der Waals surface area contributed by atoms with Gasteiger partial charge in [-0.2, -0.15) is 0 Å². The SMILES string of the molecule is COc1ccc(Cn2c(=O)n3c4c(c(Br)ccc42)C=CC=C3)cc1. The number of halogens is 1. The molecule has 0 radical (unpaired) electrons. The number of hydrogen-bond donors (Lipinski definition) is 0. The second-order valence-corrected chi connectivity index (χ2v) is 6.47. The van der Waals surface area contributed by atoms with E-state index >= 15 is 0 Å². The van der Waals surface area contributed by atoms with Crippen LogP contribution in [0.5, 0.6) is 5.75 Å². The second-order valence-electron chi connectivity index (χ2n) is 5.62. The predicted molar refractivity (Wildman–Crippen MR) is 100 cm³/mol. The molecule has 3 aromatic rings. The molecule has 0 N–H and O–H groups in total. The number of rotatable bonds is 3. The van der Waals surface area contributed by atoms with Crippen LogP contribution in [0.15, 0.2) is 57.8 Å². The van der Waals surface area contributed by atoms with Gasteiger partial charge in [-0.3, -0.25) is 9.13 Å². The van der Waals surface area contributed by atoms with Crippen molar-refractivity contribution in [2.75, 3.05) is 7.11 Å². The van der Waals surface area contributed by atoms with Crippen molar-refractivity contribution in [3.63, 3.8) is 0 Å². The third kappa shape index (κ3) is 2.32. The van der Waals surface area contributed by atoms with Gasteiger partial charge in [0.1, 0.15) is 5.75 Å². The number of methoxy groups -OCH3 is 1. The van der Waals surface area contributed by atoms with Crippen molar-refractivity contribution in [3.05, 3.63) is 74.6 Å². The first-order valence-corrected chi connectivity index (χ1v) is 8.39. The van der Waals surface area contributed by atoms with Crippen molar-refractivity contribution in [2.24, 2.45) is 0 Å². The first kappa shape index (κ1) is 15.0. The Labute approximate surface area is 147 Å². The van der Waals surface area contributed by atoms with Crippen molar-refractivity contribution < 1.29 is 4.74 Å². The number of ether oxygens (including phenoxy) is 1. The zero-order chi connectivity index (χ0) is 16.7. The summed E-state index contributed by atoms with van der Waals surface area (Å²) in [6, 6.07) is 11.8. The Bertz CT molecular complexity index is 1040. The van der Waals surface area contributed by atoms with Gasteiger partial charge in [-0.25, -0.2) is 4.79 Å². The van der Waals surface area contributed by atoms with Crippen LogP contribution in [-0.2, 0) is 6.54 Å². The molecular weight excluding hydrogens is 368 g/mol. The highest BCUT2D eigenvalue weighted by molar-refractivity contribution is 9.10. The van der Waals surface area contributed by atoms with E-state index in [4.69, 9.17) is 4.74 Å². The highest BCUT2D eigenvalue weighted by Crippen LogP contribution is 2.29. The molecule has 4 rings (SSSR count). The zero-order valence-corrected chi connectivity index (χ0v) is 14.7. The largest absolute Gasteiger partial charge is 0.497 e. The molecule has 0 spiro atoms. The van der Waals surface area contributed by atoms with E-state index in [9.17, 15) is 4.79 Å². The number of allylic oxidation sites excluding steroid dienone is 2. The van der Waals surface area contributed by atoms with Gasteiger partial charge in [0, 0.05) is 16.2 Å². The standard InChI is InChI=1S/C19H15BrN2O2/c1-24-14-7-5-13(6-8-14)12-22-17-10-9-16(20)15-4-2-3-11-21(18(15)17)19(22)23/h2-11H,12H2,1H3. The summed E-state index contributed by atoms with van der Waals surface area (Å²) in [4.78, 5) is 12.9. The number of aromatic nitrogens is 2. The van der Waals surface area contributed by atoms with Crippen LogP contribution in [0.4, 0.5) is 0 Å². The second kappa shape index (κ2) is 5.83. The topological polar surface area (TPSA) is 36.2 Å². The van der Waals surface area contributed by atoms with E-state index < -0.39 is 0 Å². The number of nitrogens with zero attached hydrogens (tertiary/aromatic N) is 2. The third-order valence-electron chi connectivity index (χ3n) is 4.22. The van der Waals surface area contributed by atoms with Crippen LogP contribution >= 0.6 is 15.9 Å². The molecule has 0 saturated carbocycles. The summed E-state index contributed by atoms with van der Waals surface area (Å²) >= 11 is 3.58. The van der Waals surface area contributed by atoms with Crippen molar-refractivity contribution in [2.45, 2.75) is 6.54 Å². The van der Waals surface area contributed by atoms with E-state index in [-0.39, 0.29) is 5.69 Å². The van der Waals surface area contributed by atoms with Crippen LogP contribution in [0.25, 0.3) is 23.3 Å². The maximum absolute atomic E-state index is 12.9. The lowest BCUT2D eigenvalue weighted by Crippen LogP contribution is -2.22. The number of benzene rings is 2. The van der Waals surface area contributed by atoms with Crippen molar-refractivity contribution in [3.8, 4) is 5.75 Å². The number of hydrogen-bond acceptors (Lipinski definition) is 2. The molecule has 1 aliphatic heterocycles. The fraction of sp³-hybridized carbons (Fsp3) is 0.105. The summed E-state index contributed by atoms with van der Waals surface area (Å²) in [5.74, 6) is 0.808. The van der Waals surface area contributed by atoms with Gasteiger partial charge in [0.15, 0.2) is 0 Å². The van der Waals surface area contributed by atoms with E-state index in [1.54, 1.807) is 16.2 Å². The minimum absolute atomic E-state index is 0.0416. The van der Waals surface area contributed by atoms with Gasteiger partial charge >= 0.3 is 5.69 Å². The van der Waals surface area contributed by atoms with Gasteiger partial charge in [0.05, 0.1) is 24.7 Å². The molecule has 120 valence electrons. The number of imidazole rings is 1. The molecule has 0 saturated heterocycles. The Morgan fingerprint density at radius 3 is 2.62 bits per heavy atom. The monoisotopic (exact) mass is 382 g/mol. The normalized spacial score (nSPS) is 12.6. The molecule has 2 heterocycles. The highest BCUT2D eigenvalue weighted by atomic mass is 79.9. The van der Waals surface area contributed by atoms with E-state index in [1.165, 1.54) is 0 Å². The summed E-state index contributed by atoms with van der Waals surface area (Å²) < 4.78 is 9.68. The van der Waals surface area contributed by atoms with Gasteiger partial charge in [-0.1, -0.05) is 40.2 Å². The summed E-state index contributed by atoms with van der Waals surface area (Å²) in [5, 5.41) is 0. The highest BCUT2D eigenvalue weighted by Gasteiger charge is 2.17. The van der Waals surface area contributed by atoms with E-state index in [1.807, 2.05) is 60.8 Å². The molecule has 0 bridgehead atoms. The molecule has 2 aromatic carbocycles. The van der Waals surface area contributed by atoms with Gasteiger partial charge < -0.3 is 4.74 Å². The Morgan fingerprint density at radius 2 is 1.88 bits per heavy atom. The first-order valence-electron chi connectivity index (χ1n) is 7.60. The lowest BCUT2D eigenvalue weighted by atomic mass is 10.1. The van der Waals surface area contributed by atoms with Crippen LogP contribution in [-0.4, -0.2) is 16.2 Å². The van der Waals surface area contributed by atoms with Crippen LogP contribution in [0.2, 0.25) is 0 Å². The van der Waals surface area contributed by atoms with Crippen molar-refractivity contribution >= 4 is 39.2 Å². The Hall–Kier alpha value is -2.53. The van der Waals surface area contributed by atoms with E-state index in [2.05, 4.69) is 15.9 Å². The lowest BCUT2D eigenvalue weighted by molar-refractivity contribution is 0.414.